The third-order valence-corrected chi connectivity index (χ3v) is 4.30. The summed E-state index contributed by atoms with van der Waals surface area (Å²) in [5.41, 5.74) is 0. The first-order valence-corrected chi connectivity index (χ1v) is 8.09. The van der Waals surface area contributed by atoms with Gasteiger partial charge < -0.3 is 4.74 Å². The van der Waals surface area contributed by atoms with Gasteiger partial charge in [-0.1, -0.05) is 0 Å². The Bertz CT molecular complexity index is 701. The first kappa shape index (κ1) is 16.4. The summed E-state index contributed by atoms with van der Waals surface area (Å²) >= 11 is 0. The fourth-order valence-corrected chi connectivity index (χ4v) is 2.77. The van der Waals surface area contributed by atoms with Gasteiger partial charge in [-0.2, -0.15) is 0 Å². The molecule has 0 aliphatic rings. The predicted octanol–water partition coefficient (Wildman–Crippen LogP) is 2.71. The molecule has 0 atom stereocenters. The largest absolute Gasteiger partial charge is 0.494 e. The molecule has 0 aliphatic carbocycles. The van der Waals surface area contributed by atoms with Crippen LogP contribution in [0.5, 0.6) is 5.75 Å². The molecule has 22 heavy (non-hydrogen) atoms. The Labute approximate surface area is 127 Å². The van der Waals surface area contributed by atoms with Crippen molar-refractivity contribution < 1.29 is 21.9 Å². The fraction of sp³-hybridized carbons (Fsp3) is 0.200. The van der Waals surface area contributed by atoms with Crippen LogP contribution in [0.2, 0.25) is 0 Å². The Morgan fingerprint density at radius 2 is 1.45 bits per heavy atom. The lowest BCUT2D eigenvalue weighted by atomic mass is 10.3. The van der Waals surface area contributed by atoms with Crippen molar-refractivity contribution in [3.05, 3.63) is 60.2 Å². The van der Waals surface area contributed by atoms with Crippen LogP contribution < -0.4 is 9.46 Å². The maximum Gasteiger partial charge on any atom is 0.240 e. The number of benzene rings is 2. The van der Waals surface area contributed by atoms with Crippen LogP contribution >= 0.6 is 0 Å². The number of hydrogen-bond acceptors (Lipinski definition) is 3. The molecule has 118 valence electrons. The van der Waals surface area contributed by atoms with Gasteiger partial charge in [0, 0.05) is 6.54 Å². The van der Waals surface area contributed by atoms with Gasteiger partial charge in [-0.15, -0.1) is 0 Å². The van der Waals surface area contributed by atoms with Crippen molar-refractivity contribution in [2.24, 2.45) is 0 Å². The molecule has 2 rings (SSSR count). The molecule has 0 saturated carbocycles. The first-order chi connectivity index (χ1) is 10.5. The summed E-state index contributed by atoms with van der Waals surface area (Å²) in [4.78, 5) is 0.00773. The second-order valence-corrected chi connectivity index (χ2v) is 6.27. The number of nitrogens with one attached hydrogen (secondary N) is 1. The highest BCUT2D eigenvalue weighted by molar-refractivity contribution is 7.89. The average Bonchev–Trinajstić information content (AvgIpc) is 2.49. The van der Waals surface area contributed by atoms with E-state index in [9.17, 15) is 17.2 Å². The summed E-state index contributed by atoms with van der Waals surface area (Å²) in [6.45, 7) is 0.471. The second kappa shape index (κ2) is 7.33. The number of hydrogen-bond donors (Lipinski definition) is 1. The summed E-state index contributed by atoms with van der Waals surface area (Å²) in [5.74, 6) is -0.325. The molecule has 0 spiro atoms. The predicted molar refractivity (Wildman–Crippen MR) is 78.1 cm³/mol. The minimum absolute atomic E-state index is 0.00773. The van der Waals surface area contributed by atoms with Gasteiger partial charge in [-0.05, 0) is 55.0 Å². The molecule has 0 fully saturated rings. The van der Waals surface area contributed by atoms with Crippen LogP contribution in [0.15, 0.2) is 53.4 Å². The highest BCUT2D eigenvalue weighted by Crippen LogP contribution is 2.11. The Morgan fingerprint density at radius 1 is 0.909 bits per heavy atom. The molecule has 0 saturated heterocycles. The molecule has 0 unspecified atom stereocenters. The lowest BCUT2D eigenvalue weighted by molar-refractivity contribution is 0.311. The van der Waals surface area contributed by atoms with Crippen molar-refractivity contribution in [1.29, 1.82) is 0 Å². The maximum absolute atomic E-state index is 12.8. The summed E-state index contributed by atoms with van der Waals surface area (Å²) in [5, 5.41) is 0. The molecule has 0 aliphatic heterocycles. The first-order valence-electron chi connectivity index (χ1n) is 6.61. The van der Waals surface area contributed by atoms with Crippen molar-refractivity contribution in [2.75, 3.05) is 13.2 Å². The topological polar surface area (TPSA) is 55.4 Å². The van der Waals surface area contributed by atoms with E-state index in [1.807, 2.05) is 0 Å². The molecule has 0 aromatic heterocycles. The standard InChI is InChI=1S/C15H15F2NO3S/c16-12-2-6-14(7-3-12)21-11-1-10-18-22(19,20)15-8-4-13(17)5-9-15/h2-9,18H,1,10-11H2. The van der Waals surface area contributed by atoms with Crippen LogP contribution in [-0.4, -0.2) is 21.6 Å². The zero-order valence-electron chi connectivity index (χ0n) is 11.6. The lowest BCUT2D eigenvalue weighted by Crippen LogP contribution is -2.25. The van der Waals surface area contributed by atoms with Gasteiger partial charge in [0.05, 0.1) is 11.5 Å². The molecule has 4 nitrogen and oxygen atoms in total. The zero-order valence-corrected chi connectivity index (χ0v) is 12.4. The number of ether oxygens (including phenoxy) is 1. The number of halogens is 2. The monoisotopic (exact) mass is 327 g/mol. The van der Waals surface area contributed by atoms with Crippen molar-refractivity contribution in [3.63, 3.8) is 0 Å². The van der Waals surface area contributed by atoms with E-state index < -0.39 is 15.8 Å². The SMILES string of the molecule is O=S(=O)(NCCCOc1ccc(F)cc1)c1ccc(F)cc1. The Balaban J connectivity index is 1.76. The molecular formula is C15H15F2NO3S. The second-order valence-electron chi connectivity index (χ2n) is 4.51. The summed E-state index contributed by atoms with van der Waals surface area (Å²) < 4.78 is 57.0. The molecule has 2 aromatic carbocycles. The molecule has 0 radical (unpaired) electrons. The van der Waals surface area contributed by atoms with Crippen LogP contribution in [-0.2, 0) is 10.0 Å². The third-order valence-electron chi connectivity index (χ3n) is 2.82. The van der Waals surface area contributed by atoms with E-state index in [0.29, 0.717) is 12.2 Å². The summed E-state index contributed by atoms with van der Waals surface area (Å²) in [6, 6.07) is 10.1. The van der Waals surface area contributed by atoms with Gasteiger partial charge in [0.1, 0.15) is 17.4 Å². The van der Waals surface area contributed by atoms with Crippen LogP contribution in [0, 0.1) is 11.6 Å². The molecule has 0 bridgehead atoms. The van der Waals surface area contributed by atoms with E-state index in [2.05, 4.69) is 4.72 Å². The van der Waals surface area contributed by atoms with E-state index in [1.54, 1.807) is 0 Å². The van der Waals surface area contributed by atoms with Crippen LogP contribution in [0.25, 0.3) is 0 Å². The molecule has 2 aromatic rings. The average molecular weight is 327 g/mol. The van der Waals surface area contributed by atoms with Gasteiger partial charge in [0.15, 0.2) is 0 Å². The number of rotatable bonds is 7. The van der Waals surface area contributed by atoms with Crippen molar-refractivity contribution >= 4 is 10.0 Å². The Hall–Kier alpha value is -1.99. The lowest BCUT2D eigenvalue weighted by Gasteiger charge is -2.08. The summed E-state index contributed by atoms with van der Waals surface area (Å²) in [7, 11) is -3.65. The minimum atomic E-state index is -3.65. The highest BCUT2D eigenvalue weighted by atomic mass is 32.2. The van der Waals surface area contributed by atoms with E-state index >= 15 is 0 Å². The van der Waals surface area contributed by atoms with Crippen molar-refractivity contribution in [2.45, 2.75) is 11.3 Å². The molecule has 7 heteroatoms. The van der Waals surface area contributed by atoms with Crippen LogP contribution in [0.1, 0.15) is 6.42 Å². The van der Waals surface area contributed by atoms with Crippen molar-refractivity contribution in [1.82, 2.24) is 4.72 Å². The molecule has 1 N–H and O–H groups in total. The minimum Gasteiger partial charge on any atom is -0.494 e. The van der Waals surface area contributed by atoms with Crippen LogP contribution in [0.3, 0.4) is 0 Å². The van der Waals surface area contributed by atoms with E-state index in [-0.39, 0.29) is 23.9 Å². The van der Waals surface area contributed by atoms with E-state index in [4.69, 9.17) is 4.74 Å². The van der Waals surface area contributed by atoms with Crippen molar-refractivity contribution in [3.8, 4) is 5.75 Å². The fourth-order valence-electron chi connectivity index (χ4n) is 1.70. The molecule has 0 heterocycles. The normalized spacial score (nSPS) is 11.4. The van der Waals surface area contributed by atoms with Gasteiger partial charge in [0.25, 0.3) is 0 Å². The van der Waals surface area contributed by atoms with Gasteiger partial charge >= 0.3 is 0 Å². The van der Waals surface area contributed by atoms with Gasteiger partial charge in [-0.25, -0.2) is 21.9 Å². The quantitative estimate of drug-likeness (QED) is 0.796. The van der Waals surface area contributed by atoms with Gasteiger partial charge in [0.2, 0.25) is 10.0 Å². The highest BCUT2D eigenvalue weighted by Gasteiger charge is 2.12. The zero-order chi connectivity index (χ0) is 16.0. The smallest absolute Gasteiger partial charge is 0.240 e. The molecular weight excluding hydrogens is 312 g/mol. The number of sulfonamides is 1. The maximum atomic E-state index is 12.8. The Kier molecular flexibility index (Phi) is 5.46. The Morgan fingerprint density at radius 3 is 2.05 bits per heavy atom. The summed E-state index contributed by atoms with van der Waals surface area (Å²) in [6.07, 6.45) is 0.442. The van der Waals surface area contributed by atoms with E-state index in [0.717, 1.165) is 12.1 Å². The van der Waals surface area contributed by atoms with E-state index in [1.165, 1.54) is 36.4 Å². The third kappa shape index (κ3) is 4.78. The molecule has 0 amide bonds. The van der Waals surface area contributed by atoms with Gasteiger partial charge in [-0.3, -0.25) is 0 Å². The van der Waals surface area contributed by atoms with Crippen LogP contribution in [0.4, 0.5) is 8.78 Å².